The molecule has 1 saturated heterocycles. The lowest BCUT2D eigenvalue weighted by molar-refractivity contribution is -0.132. The Bertz CT molecular complexity index is 434. The lowest BCUT2D eigenvalue weighted by Gasteiger charge is -2.32. The first-order valence-corrected chi connectivity index (χ1v) is 7.39. The van der Waals surface area contributed by atoms with Gasteiger partial charge in [-0.1, -0.05) is 6.92 Å². The molecular formula is C15H23N3O2. The van der Waals surface area contributed by atoms with Crippen LogP contribution in [-0.2, 0) is 4.79 Å². The SMILES string of the molecule is CCCC(=O)N1CCC(CNC(=O)c2cc[nH]c2)CC1. The first kappa shape index (κ1) is 14.6. The Labute approximate surface area is 119 Å². The highest BCUT2D eigenvalue weighted by molar-refractivity contribution is 5.93. The highest BCUT2D eigenvalue weighted by atomic mass is 16.2. The van der Waals surface area contributed by atoms with E-state index in [9.17, 15) is 9.59 Å². The fraction of sp³-hybridized carbons (Fsp3) is 0.600. The molecule has 0 saturated carbocycles. The number of hydrogen-bond donors (Lipinski definition) is 2. The third-order valence-corrected chi connectivity index (χ3v) is 3.84. The molecule has 20 heavy (non-hydrogen) atoms. The van der Waals surface area contributed by atoms with Gasteiger partial charge in [0.15, 0.2) is 0 Å². The molecule has 0 atom stereocenters. The molecule has 0 radical (unpaired) electrons. The Balaban J connectivity index is 1.69. The monoisotopic (exact) mass is 277 g/mol. The van der Waals surface area contributed by atoms with Gasteiger partial charge < -0.3 is 15.2 Å². The number of likely N-dealkylation sites (tertiary alicyclic amines) is 1. The van der Waals surface area contributed by atoms with Gasteiger partial charge in [-0.2, -0.15) is 0 Å². The number of rotatable bonds is 5. The molecule has 0 bridgehead atoms. The van der Waals surface area contributed by atoms with Crippen molar-refractivity contribution < 1.29 is 9.59 Å². The average Bonchev–Trinajstić information content (AvgIpc) is 3.00. The van der Waals surface area contributed by atoms with E-state index in [1.807, 2.05) is 11.8 Å². The smallest absolute Gasteiger partial charge is 0.252 e. The van der Waals surface area contributed by atoms with Crippen molar-refractivity contribution in [2.45, 2.75) is 32.6 Å². The number of nitrogens with one attached hydrogen (secondary N) is 2. The molecular weight excluding hydrogens is 254 g/mol. The third-order valence-electron chi connectivity index (χ3n) is 3.84. The van der Waals surface area contributed by atoms with Gasteiger partial charge in [-0.3, -0.25) is 9.59 Å². The maximum atomic E-state index is 11.8. The standard InChI is InChI=1S/C15H23N3O2/c1-2-3-14(19)18-8-5-12(6-9-18)10-17-15(20)13-4-7-16-11-13/h4,7,11-12,16H,2-3,5-6,8-10H2,1H3,(H,17,20). The Morgan fingerprint density at radius 2 is 2.15 bits per heavy atom. The Morgan fingerprint density at radius 1 is 1.40 bits per heavy atom. The Morgan fingerprint density at radius 3 is 2.75 bits per heavy atom. The first-order valence-electron chi connectivity index (χ1n) is 7.39. The van der Waals surface area contributed by atoms with E-state index < -0.39 is 0 Å². The fourth-order valence-electron chi connectivity index (χ4n) is 2.56. The van der Waals surface area contributed by atoms with Crippen molar-refractivity contribution in [1.29, 1.82) is 0 Å². The second-order valence-electron chi connectivity index (χ2n) is 5.38. The van der Waals surface area contributed by atoms with Crippen molar-refractivity contribution in [3.8, 4) is 0 Å². The number of carbonyl (C=O) groups is 2. The van der Waals surface area contributed by atoms with Crippen LogP contribution in [-0.4, -0.2) is 41.3 Å². The molecule has 1 aromatic heterocycles. The van der Waals surface area contributed by atoms with Crippen molar-refractivity contribution in [3.05, 3.63) is 24.0 Å². The van der Waals surface area contributed by atoms with Gasteiger partial charge in [0.2, 0.25) is 5.91 Å². The van der Waals surface area contributed by atoms with Gasteiger partial charge in [0.1, 0.15) is 0 Å². The zero-order valence-electron chi connectivity index (χ0n) is 12.0. The second-order valence-corrected chi connectivity index (χ2v) is 5.38. The van der Waals surface area contributed by atoms with E-state index in [2.05, 4.69) is 10.3 Å². The molecule has 5 heteroatoms. The largest absolute Gasteiger partial charge is 0.367 e. The molecule has 5 nitrogen and oxygen atoms in total. The highest BCUT2D eigenvalue weighted by Gasteiger charge is 2.22. The minimum Gasteiger partial charge on any atom is -0.367 e. The molecule has 1 aromatic rings. The fourth-order valence-corrected chi connectivity index (χ4v) is 2.56. The first-order chi connectivity index (χ1) is 9.70. The average molecular weight is 277 g/mol. The van der Waals surface area contributed by atoms with Gasteiger partial charge >= 0.3 is 0 Å². The lowest BCUT2D eigenvalue weighted by Crippen LogP contribution is -2.41. The number of nitrogens with zero attached hydrogens (tertiary/aromatic N) is 1. The minimum absolute atomic E-state index is 0.0317. The number of H-pyrrole nitrogens is 1. The summed E-state index contributed by atoms with van der Waals surface area (Å²) < 4.78 is 0. The number of amides is 2. The van der Waals surface area contributed by atoms with Gasteiger partial charge in [0.25, 0.3) is 5.91 Å². The molecule has 110 valence electrons. The van der Waals surface area contributed by atoms with E-state index in [1.54, 1.807) is 18.5 Å². The van der Waals surface area contributed by atoms with Crippen LogP contribution in [0.3, 0.4) is 0 Å². The molecule has 2 rings (SSSR count). The number of hydrogen-bond acceptors (Lipinski definition) is 2. The maximum absolute atomic E-state index is 11.8. The summed E-state index contributed by atoms with van der Waals surface area (Å²) in [5, 5.41) is 2.96. The summed E-state index contributed by atoms with van der Waals surface area (Å²) in [4.78, 5) is 28.4. The van der Waals surface area contributed by atoms with Crippen LogP contribution in [0.2, 0.25) is 0 Å². The van der Waals surface area contributed by atoms with Gasteiger partial charge in [-0.15, -0.1) is 0 Å². The molecule has 2 N–H and O–H groups in total. The topological polar surface area (TPSA) is 65.2 Å². The van der Waals surface area contributed by atoms with Crippen LogP contribution in [0.5, 0.6) is 0 Å². The van der Waals surface area contributed by atoms with Crippen molar-refractivity contribution >= 4 is 11.8 Å². The minimum atomic E-state index is -0.0317. The lowest BCUT2D eigenvalue weighted by atomic mass is 9.96. The van der Waals surface area contributed by atoms with Gasteiger partial charge in [-0.25, -0.2) is 0 Å². The van der Waals surface area contributed by atoms with Gasteiger partial charge in [-0.05, 0) is 31.2 Å². The quantitative estimate of drug-likeness (QED) is 0.861. The van der Waals surface area contributed by atoms with E-state index in [0.29, 0.717) is 24.4 Å². The zero-order chi connectivity index (χ0) is 14.4. The van der Waals surface area contributed by atoms with Crippen LogP contribution in [0, 0.1) is 5.92 Å². The number of aromatic nitrogens is 1. The molecule has 1 fully saturated rings. The summed E-state index contributed by atoms with van der Waals surface area (Å²) in [6.45, 7) is 4.37. The predicted octanol–water partition coefficient (Wildman–Crippen LogP) is 1.78. The summed E-state index contributed by atoms with van der Waals surface area (Å²) in [5.41, 5.74) is 0.667. The molecule has 2 amide bonds. The highest BCUT2D eigenvalue weighted by Crippen LogP contribution is 2.17. The molecule has 1 aliphatic rings. The van der Waals surface area contributed by atoms with Crippen LogP contribution in [0.1, 0.15) is 43.0 Å². The van der Waals surface area contributed by atoms with Crippen molar-refractivity contribution in [2.24, 2.45) is 5.92 Å². The van der Waals surface area contributed by atoms with E-state index in [-0.39, 0.29) is 11.8 Å². The molecule has 0 spiro atoms. The van der Waals surface area contributed by atoms with E-state index in [4.69, 9.17) is 0 Å². The summed E-state index contributed by atoms with van der Waals surface area (Å²) in [7, 11) is 0. The van der Waals surface area contributed by atoms with Crippen LogP contribution >= 0.6 is 0 Å². The molecule has 1 aliphatic heterocycles. The Hall–Kier alpha value is -1.78. The summed E-state index contributed by atoms with van der Waals surface area (Å²) in [6, 6.07) is 1.77. The summed E-state index contributed by atoms with van der Waals surface area (Å²) in [6.07, 6.45) is 6.94. The van der Waals surface area contributed by atoms with Crippen molar-refractivity contribution in [3.63, 3.8) is 0 Å². The second kappa shape index (κ2) is 7.12. The molecule has 0 aromatic carbocycles. The zero-order valence-corrected chi connectivity index (χ0v) is 12.0. The van der Waals surface area contributed by atoms with Crippen LogP contribution in [0.25, 0.3) is 0 Å². The summed E-state index contributed by atoms with van der Waals surface area (Å²) in [5.74, 6) is 0.710. The predicted molar refractivity (Wildman–Crippen MR) is 77.3 cm³/mol. The van der Waals surface area contributed by atoms with E-state index >= 15 is 0 Å². The molecule has 2 heterocycles. The number of carbonyl (C=O) groups excluding carboxylic acids is 2. The summed E-state index contributed by atoms with van der Waals surface area (Å²) >= 11 is 0. The van der Waals surface area contributed by atoms with Crippen molar-refractivity contribution in [2.75, 3.05) is 19.6 Å². The van der Waals surface area contributed by atoms with E-state index in [1.165, 1.54) is 0 Å². The number of aromatic amines is 1. The van der Waals surface area contributed by atoms with Crippen LogP contribution in [0.4, 0.5) is 0 Å². The molecule has 0 aliphatic carbocycles. The normalized spacial score (nSPS) is 16.1. The third kappa shape index (κ3) is 3.85. The van der Waals surface area contributed by atoms with Crippen LogP contribution in [0.15, 0.2) is 18.5 Å². The van der Waals surface area contributed by atoms with Gasteiger partial charge in [0.05, 0.1) is 5.56 Å². The van der Waals surface area contributed by atoms with Crippen LogP contribution < -0.4 is 5.32 Å². The van der Waals surface area contributed by atoms with Gasteiger partial charge in [0, 0.05) is 38.4 Å². The van der Waals surface area contributed by atoms with E-state index in [0.717, 1.165) is 32.4 Å². The Kier molecular flexibility index (Phi) is 5.21. The van der Waals surface area contributed by atoms with Crippen molar-refractivity contribution in [1.82, 2.24) is 15.2 Å². The molecule has 0 unspecified atom stereocenters. The maximum Gasteiger partial charge on any atom is 0.252 e. The number of piperidine rings is 1.